The van der Waals surface area contributed by atoms with Gasteiger partial charge in [-0.1, -0.05) is 36.6 Å². The third-order valence-corrected chi connectivity index (χ3v) is 4.36. The Bertz CT molecular complexity index is 553. The van der Waals surface area contributed by atoms with Crippen molar-refractivity contribution in [2.75, 3.05) is 6.54 Å². The topological polar surface area (TPSA) is 49.4 Å². The Labute approximate surface area is 123 Å². The summed E-state index contributed by atoms with van der Waals surface area (Å²) in [5, 5.41) is 3.56. The first-order valence-electron chi connectivity index (χ1n) is 6.94. The van der Waals surface area contributed by atoms with Crippen molar-refractivity contribution in [1.82, 2.24) is 10.2 Å². The molecular weight excluding hydrogens is 276 g/mol. The molecular formula is C15H17ClN2O2. The molecule has 4 nitrogen and oxygen atoms in total. The molecule has 1 heterocycles. The summed E-state index contributed by atoms with van der Waals surface area (Å²) < 4.78 is 0. The number of hydrogen-bond donors (Lipinski definition) is 1. The molecule has 1 aromatic rings. The van der Waals surface area contributed by atoms with Gasteiger partial charge in [0.2, 0.25) is 11.8 Å². The van der Waals surface area contributed by atoms with Crippen molar-refractivity contribution >= 4 is 23.4 Å². The minimum absolute atomic E-state index is 0.0505. The lowest BCUT2D eigenvalue weighted by atomic mass is 9.93. The maximum Gasteiger partial charge on any atom is 0.249 e. The maximum atomic E-state index is 12.7. The first-order chi connectivity index (χ1) is 9.59. The number of halogens is 1. The zero-order valence-corrected chi connectivity index (χ0v) is 11.9. The summed E-state index contributed by atoms with van der Waals surface area (Å²) in [5.74, 6) is -0.0110. The molecule has 106 valence electrons. The average molecular weight is 293 g/mol. The molecule has 3 rings (SSSR count). The number of nitrogens with zero attached hydrogens (tertiary/aromatic N) is 1. The minimum Gasteiger partial charge on any atom is -0.340 e. The molecule has 0 aromatic heterocycles. The van der Waals surface area contributed by atoms with Gasteiger partial charge in [0.15, 0.2) is 0 Å². The highest BCUT2D eigenvalue weighted by atomic mass is 35.5. The first-order valence-corrected chi connectivity index (χ1v) is 7.32. The van der Waals surface area contributed by atoms with E-state index >= 15 is 0 Å². The lowest BCUT2D eigenvalue weighted by Gasteiger charge is -2.39. The second-order valence-electron chi connectivity index (χ2n) is 5.63. The molecule has 0 unspecified atom stereocenters. The Morgan fingerprint density at radius 1 is 1.25 bits per heavy atom. The predicted molar refractivity (Wildman–Crippen MR) is 76.2 cm³/mol. The summed E-state index contributed by atoms with van der Waals surface area (Å²) in [6.45, 7) is 0.571. The second kappa shape index (κ2) is 5.09. The van der Waals surface area contributed by atoms with Crippen LogP contribution in [-0.2, 0) is 16.1 Å². The summed E-state index contributed by atoms with van der Waals surface area (Å²) in [6, 6.07) is 7.42. The molecule has 0 radical (unpaired) electrons. The molecule has 1 saturated heterocycles. The van der Waals surface area contributed by atoms with Gasteiger partial charge < -0.3 is 10.2 Å². The number of benzene rings is 1. The molecule has 0 bridgehead atoms. The van der Waals surface area contributed by atoms with E-state index < -0.39 is 5.54 Å². The van der Waals surface area contributed by atoms with Crippen molar-refractivity contribution in [3.05, 3.63) is 34.9 Å². The molecule has 5 heteroatoms. The monoisotopic (exact) mass is 292 g/mol. The van der Waals surface area contributed by atoms with Crippen LogP contribution in [0, 0.1) is 0 Å². The average Bonchev–Trinajstić information content (AvgIpc) is 2.85. The van der Waals surface area contributed by atoms with Crippen molar-refractivity contribution in [1.29, 1.82) is 0 Å². The Hall–Kier alpha value is -1.55. The Balaban J connectivity index is 1.81. The molecule has 2 fully saturated rings. The highest BCUT2D eigenvalue weighted by Gasteiger charge is 2.48. The van der Waals surface area contributed by atoms with Crippen molar-refractivity contribution in [3.8, 4) is 0 Å². The lowest BCUT2D eigenvalue weighted by molar-refractivity contribution is -0.150. The second-order valence-corrected chi connectivity index (χ2v) is 6.06. The van der Waals surface area contributed by atoms with E-state index in [1.807, 2.05) is 18.2 Å². The summed E-state index contributed by atoms with van der Waals surface area (Å²) in [4.78, 5) is 26.2. The summed E-state index contributed by atoms with van der Waals surface area (Å²) >= 11 is 5.97. The van der Waals surface area contributed by atoms with Crippen molar-refractivity contribution in [3.63, 3.8) is 0 Å². The van der Waals surface area contributed by atoms with Crippen LogP contribution in [0.2, 0.25) is 5.02 Å². The number of nitrogens with one attached hydrogen (secondary N) is 1. The fraction of sp³-hybridized carbons (Fsp3) is 0.467. The number of amides is 2. The van der Waals surface area contributed by atoms with E-state index in [1.54, 1.807) is 11.0 Å². The van der Waals surface area contributed by atoms with E-state index in [0.29, 0.717) is 11.6 Å². The van der Waals surface area contributed by atoms with Gasteiger partial charge >= 0.3 is 0 Å². The molecule has 1 saturated carbocycles. The van der Waals surface area contributed by atoms with Crippen LogP contribution in [-0.4, -0.2) is 28.8 Å². The smallest absolute Gasteiger partial charge is 0.249 e. The Kier molecular flexibility index (Phi) is 3.42. The summed E-state index contributed by atoms with van der Waals surface area (Å²) in [7, 11) is 0. The molecule has 0 atom stereocenters. The maximum absolute atomic E-state index is 12.7. The largest absolute Gasteiger partial charge is 0.340 e. The third-order valence-electron chi connectivity index (χ3n) is 4.13. The van der Waals surface area contributed by atoms with Crippen LogP contribution in [0.1, 0.15) is 31.2 Å². The highest BCUT2D eigenvalue weighted by molar-refractivity contribution is 6.30. The van der Waals surface area contributed by atoms with Gasteiger partial charge in [-0.15, -0.1) is 0 Å². The number of carbonyl (C=O) groups excluding carboxylic acids is 2. The zero-order chi connectivity index (χ0) is 14.2. The molecule has 2 amide bonds. The van der Waals surface area contributed by atoms with Crippen LogP contribution in [0.3, 0.4) is 0 Å². The highest BCUT2D eigenvalue weighted by Crippen LogP contribution is 2.33. The molecule has 1 N–H and O–H groups in total. The molecule has 20 heavy (non-hydrogen) atoms. The van der Waals surface area contributed by atoms with Gasteiger partial charge in [-0.05, 0) is 30.5 Å². The van der Waals surface area contributed by atoms with Gasteiger partial charge in [0.05, 0.1) is 6.54 Å². The molecule has 2 aliphatic rings. The fourth-order valence-corrected chi connectivity index (χ4v) is 3.42. The van der Waals surface area contributed by atoms with Gasteiger partial charge in [-0.2, -0.15) is 0 Å². The zero-order valence-electron chi connectivity index (χ0n) is 11.2. The minimum atomic E-state index is -0.645. The van der Waals surface area contributed by atoms with Crippen LogP contribution in [0.5, 0.6) is 0 Å². The van der Waals surface area contributed by atoms with Crippen LogP contribution >= 0.6 is 11.6 Å². The molecule has 1 aliphatic heterocycles. The van der Waals surface area contributed by atoms with Crippen LogP contribution < -0.4 is 5.32 Å². The van der Waals surface area contributed by atoms with Crippen molar-refractivity contribution in [2.24, 2.45) is 0 Å². The molecule has 1 aliphatic carbocycles. The van der Waals surface area contributed by atoms with E-state index in [-0.39, 0.29) is 18.4 Å². The first kappa shape index (κ1) is 13.4. The van der Waals surface area contributed by atoms with Crippen LogP contribution in [0.25, 0.3) is 0 Å². The van der Waals surface area contributed by atoms with Gasteiger partial charge in [0.1, 0.15) is 5.54 Å². The van der Waals surface area contributed by atoms with E-state index in [1.165, 1.54) is 0 Å². The number of piperazine rings is 1. The lowest BCUT2D eigenvalue weighted by Crippen LogP contribution is -2.65. The van der Waals surface area contributed by atoms with Gasteiger partial charge in [-0.3, -0.25) is 9.59 Å². The number of carbonyl (C=O) groups is 2. The predicted octanol–water partition coefficient (Wildman–Crippen LogP) is 2.11. The SMILES string of the molecule is O=C1CN(Cc2cccc(Cl)c2)C(=O)C2(CCCC2)N1. The fourth-order valence-electron chi connectivity index (χ4n) is 3.21. The van der Waals surface area contributed by atoms with Gasteiger partial charge in [-0.25, -0.2) is 0 Å². The Morgan fingerprint density at radius 3 is 2.70 bits per heavy atom. The van der Waals surface area contributed by atoms with Crippen LogP contribution in [0.15, 0.2) is 24.3 Å². The Morgan fingerprint density at radius 2 is 2.00 bits per heavy atom. The van der Waals surface area contributed by atoms with Gasteiger partial charge in [0.25, 0.3) is 0 Å². The van der Waals surface area contributed by atoms with E-state index in [2.05, 4.69) is 5.32 Å². The summed E-state index contributed by atoms with van der Waals surface area (Å²) in [6.07, 6.45) is 3.50. The van der Waals surface area contributed by atoms with E-state index in [4.69, 9.17) is 11.6 Å². The summed E-state index contributed by atoms with van der Waals surface area (Å²) in [5.41, 5.74) is 0.308. The number of hydrogen-bond acceptors (Lipinski definition) is 2. The molecule has 1 spiro atoms. The molecule has 1 aromatic carbocycles. The van der Waals surface area contributed by atoms with E-state index in [0.717, 1.165) is 31.2 Å². The van der Waals surface area contributed by atoms with Crippen LogP contribution in [0.4, 0.5) is 0 Å². The van der Waals surface area contributed by atoms with Crippen molar-refractivity contribution < 1.29 is 9.59 Å². The van der Waals surface area contributed by atoms with Crippen molar-refractivity contribution in [2.45, 2.75) is 37.8 Å². The normalized spacial score (nSPS) is 21.4. The number of rotatable bonds is 2. The quantitative estimate of drug-likeness (QED) is 0.907. The van der Waals surface area contributed by atoms with Gasteiger partial charge in [0, 0.05) is 11.6 Å². The standard InChI is InChI=1S/C15H17ClN2O2/c16-12-5-3-4-11(8-12)9-18-10-13(19)17-15(14(18)20)6-1-2-7-15/h3-5,8H,1-2,6-7,9-10H2,(H,17,19). The van der Waals surface area contributed by atoms with E-state index in [9.17, 15) is 9.59 Å². The third kappa shape index (κ3) is 2.40.